The molecule has 37 heavy (non-hydrogen) atoms. The van der Waals surface area contributed by atoms with Crippen LogP contribution in [-0.4, -0.2) is 93.6 Å². The van der Waals surface area contributed by atoms with Gasteiger partial charge in [-0.15, -0.1) is 0 Å². The largest absolute Gasteiger partial charge is 0.481 e. The molecule has 5 amide bonds. The van der Waals surface area contributed by atoms with Crippen LogP contribution in [-0.2, 0) is 33.6 Å². The van der Waals surface area contributed by atoms with Crippen LogP contribution in [0.15, 0.2) is 0 Å². The lowest BCUT2D eigenvalue weighted by Crippen LogP contribution is -2.60. The monoisotopic (exact) mass is 532 g/mol. The highest BCUT2D eigenvalue weighted by atomic mass is 16.4. The molecule has 0 aromatic rings. The van der Waals surface area contributed by atoms with E-state index in [0.29, 0.717) is 6.42 Å². The Morgan fingerprint density at radius 3 is 1.84 bits per heavy atom. The number of nitrogens with two attached hydrogens (primary N) is 2. The third-order valence-corrected chi connectivity index (χ3v) is 5.39. The molecule has 0 radical (unpaired) electrons. The minimum atomic E-state index is -1.59. The smallest absolute Gasteiger partial charge is 0.328 e. The second-order valence-electron chi connectivity index (χ2n) is 8.45. The van der Waals surface area contributed by atoms with Gasteiger partial charge in [-0.1, -0.05) is 20.3 Å². The van der Waals surface area contributed by atoms with E-state index in [-0.39, 0.29) is 6.42 Å². The van der Waals surface area contributed by atoms with Crippen molar-refractivity contribution in [2.24, 2.45) is 17.4 Å². The van der Waals surface area contributed by atoms with Gasteiger partial charge >= 0.3 is 11.9 Å². The maximum Gasteiger partial charge on any atom is 0.328 e. The summed E-state index contributed by atoms with van der Waals surface area (Å²) in [6, 6.07) is -6.90. The Balaban J connectivity index is 5.51. The number of aliphatic hydroxyl groups is 1. The summed E-state index contributed by atoms with van der Waals surface area (Å²) in [7, 11) is 0. The van der Waals surface area contributed by atoms with Gasteiger partial charge < -0.3 is 48.1 Å². The van der Waals surface area contributed by atoms with Crippen molar-refractivity contribution < 1.29 is 48.9 Å². The summed E-state index contributed by atoms with van der Waals surface area (Å²) in [4.78, 5) is 83.4. The lowest BCUT2D eigenvalue weighted by Gasteiger charge is -2.28. The molecule has 16 heteroatoms. The predicted molar refractivity (Wildman–Crippen MR) is 126 cm³/mol. The van der Waals surface area contributed by atoms with Gasteiger partial charge in [0.25, 0.3) is 0 Å². The Morgan fingerprint density at radius 2 is 1.38 bits per heavy atom. The molecule has 0 aliphatic carbocycles. The summed E-state index contributed by atoms with van der Waals surface area (Å²) in [6.45, 7) is 3.72. The van der Waals surface area contributed by atoms with Gasteiger partial charge in [-0.2, -0.15) is 0 Å². The maximum absolute atomic E-state index is 12.9. The normalized spacial score (nSPS) is 15.6. The Bertz CT molecular complexity index is 867. The molecule has 0 spiro atoms. The lowest BCUT2D eigenvalue weighted by molar-refractivity contribution is -0.143. The van der Waals surface area contributed by atoms with Crippen LogP contribution >= 0.6 is 0 Å². The van der Waals surface area contributed by atoms with Crippen molar-refractivity contribution in [3.8, 4) is 0 Å². The Kier molecular flexibility index (Phi) is 14.4. The Morgan fingerprint density at radius 1 is 0.811 bits per heavy atom. The summed E-state index contributed by atoms with van der Waals surface area (Å²) in [6.07, 6.45) is -0.899. The first-order valence-corrected chi connectivity index (χ1v) is 11.4. The zero-order chi connectivity index (χ0) is 28.9. The summed E-state index contributed by atoms with van der Waals surface area (Å²) in [5, 5.41) is 35.7. The van der Waals surface area contributed by atoms with Gasteiger partial charge in [-0.3, -0.25) is 28.8 Å². The molecule has 16 nitrogen and oxygen atoms in total. The SMILES string of the molecule is CC[C@H](C)[C@H](NC(=O)[C@H](CC(N)=O)NC(=O)[C@@H](N)CCC(=O)O)C(=O)N[C@@H](C)C(=O)N[C@@H](CO)C(=O)O. The molecular formula is C21H36N6O10. The first-order chi connectivity index (χ1) is 17.1. The molecule has 0 aromatic heterocycles. The number of rotatable bonds is 17. The van der Waals surface area contributed by atoms with Crippen LogP contribution in [0, 0.1) is 5.92 Å². The van der Waals surface area contributed by atoms with E-state index in [4.69, 9.17) is 26.8 Å². The number of carboxylic acids is 2. The maximum atomic E-state index is 12.9. The molecule has 6 atom stereocenters. The van der Waals surface area contributed by atoms with Gasteiger partial charge in [-0.25, -0.2) is 4.79 Å². The van der Waals surface area contributed by atoms with Crippen LogP contribution in [0.1, 0.15) is 46.5 Å². The zero-order valence-electron chi connectivity index (χ0n) is 20.9. The van der Waals surface area contributed by atoms with Crippen molar-refractivity contribution in [1.29, 1.82) is 0 Å². The van der Waals surface area contributed by atoms with E-state index >= 15 is 0 Å². The van der Waals surface area contributed by atoms with E-state index < -0.39 is 97.1 Å². The molecule has 210 valence electrons. The number of amides is 5. The molecule has 0 fully saturated rings. The highest BCUT2D eigenvalue weighted by molar-refractivity contribution is 5.97. The predicted octanol–water partition coefficient (Wildman–Crippen LogP) is -3.86. The van der Waals surface area contributed by atoms with E-state index in [1.165, 1.54) is 6.92 Å². The minimum Gasteiger partial charge on any atom is -0.481 e. The molecular weight excluding hydrogens is 496 g/mol. The topological polar surface area (TPSA) is 280 Å². The van der Waals surface area contributed by atoms with Crippen LogP contribution in [0.3, 0.4) is 0 Å². The summed E-state index contributed by atoms with van der Waals surface area (Å²) < 4.78 is 0. The van der Waals surface area contributed by atoms with E-state index in [9.17, 15) is 33.6 Å². The summed E-state index contributed by atoms with van der Waals surface area (Å²) in [5.41, 5.74) is 10.8. The number of hydrogen-bond acceptors (Lipinski definition) is 9. The zero-order valence-corrected chi connectivity index (χ0v) is 20.9. The third-order valence-electron chi connectivity index (χ3n) is 5.39. The molecule has 0 heterocycles. The molecule has 0 aliphatic heterocycles. The fourth-order valence-electron chi connectivity index (χ4n) is 2.91. The quantitative estimate of drug-likeness (QED) is 0.0873. The summed E-state index contributed by atoms with van der Waals surface area (Å²) in [5.74, 6) is -7.70. The fourth-order valence-corrected chi connectivity index (χ4v) is 2.91. The molecule has 0 aliphatic rings. The van der Waals surface area contributed by atoms with Crippen molar-refractivity contribution in [1.82, 2.24) is 21.3 Å². The van der Waals surface area contributed by atoms with Crippen LogP contribution in [0.25, 0.3) is 0 Å². The van der Waals surface area contributed by atoms with E-state index in [1.807, 2.05) is 5.32 Å². The number of aliphatic carboxylic acids is 2. The van der Waals surface area contributed by atoms with E-state index in [0.717, 1.165) is 0 Å². The van der Waals surface area contributed by atoms with Crippen molar-refractivity contribution in [2.45, 2.75) is 76.7 Å². The second-order valence-corrected chi connectivity index (χ2v) is 8.45. The lowest BCUT2D eigenvalue weighted by atomic mass is 9.97. The number of aliphatic hydroxyl groups excluding tert-OH is 1. The van der Waals surface area contributed by atoms with Crippen LogP contribution in [0.4, 0.5) is 0 Å². The standard InChI is InChI=1S/C21H36N6O10/c1-4-9(2)16(20(35)24-10(3)17(32)26-13(8-28)21(36)37)27-19(34)12(7-14(23)29)25-18(33)11(22)5-6-15(30)31/h9-13,16,28H,4-8,22H2,1-3H3,(H2,23,29)(H,24,35)(H,25,33)(H,26,32)(H,27,34)(H,30,31)(H,36,37)/t9-,10-,11-,12-,13-,16-/m0/s1. The summed E-state index contributed by atoms with van der Waals surface area (Å²) >= 11 is 0. The number of carboxylic acid groups (broad SMARTS) is 2. The van der Waals surface area contributed by atoms with Crippen molar-refractivity contribution in [2.75, 3.05) is 6.61 Å². The molecule has 0 aromatic carbocycles. The average Bonchev–Trinajstić information content (AvgIpc) is 2.81. The van der Waals surface area contributed by atoms with Gasteiger partial charge in [0.15, 0.2) is 0 Å². The van der Waals surface area contributed by atoms with Crippen molar-refractivity contribution in [3.63, 3.8) is 0 Å². The number of carbonyl (C=O) groups is 7. The molecule has 11 N–H and O–H groups in total. The number of primary amides is 1. The highest BCUT2D eigenvalue weighted by Gasteiger charge is 2.33. The van der Waals surface area contributed by atoms with Gasteiger partial charge in [0.2, 0.25) is 29.5 Å². The van der Waals surface area contributed by atoms with Crippen molar-refractivity contribution in [3.05, 3.63) is 0 Å². The first-order valence-electron chi connectivity index (χ1n) is 11.4. The minimum absolute atomic E-state index is 0.233. The van der Waals surface area contributed by atoms with E-state index in [2.05, 4.69) is 16.0 Å². The average molecular weight is 533 g/mol. The third kappa shape index (κ3) is 12.1. The molecule has 0 saturated heterocycles. The van der Waals surface area contributed by atoms with Crippen LogP contribution < -0.4 is 32.7 Å². The van der Waals surface area contributed by atoms with Crippen LogP contribution in [0.5, 0.6) is 0 Å². The van der Waals surface area contributed by atoms with Gasteiger partial charge in [-0.05, 0) is 19.3 Å². The molecule has 0 rings (SSSR count). The molecule has 0 bridgehead atoms. The number of carbonyl (C=O) groups excluding carboxylic acids is 5. The number of hydrogen-bond donors (Lipinski definition) is 9. The highest BCUT2D eigenvalue weighted by Crippen LogP contribution is 2.10. The fraction of sp³-hybridized carbons (Fsp3) is 0.667. The number of nitrogens with one attached hydrogen (secondary N) is 4. The molecule has 0 unspecified atom stereocenters. The first kappa shape index (κ1) is 33.2. The molecule has 0 saturated carbocycles. The Hall–Kier alpha value is -3.79. The van der Waals surface area contributed by atoms with Crippen LogP contribution in [0.2, 0.25) is 0 Å². The Labute approximate surface area is 212 Å². The van der Waals surface area contributed by atoms with Crippen molar-refractivity contribution >= 4 is 41.5 Å². The second kappa shape index (κ2) is 16.1. The van der Waals surface area contributed by atoms with E-state index in [1.54, 1.807) is 13.8 Å². The van der Waals surface area contributed by atoms with Gasteiger partial charge in [0.05, 0.1) is 19.1 Å². The van der Waals surface area contributed by atoms with Gasteiger partial charge in [0, 0.05) is 6.42 Å². The van der Waals surface area contributed by atoms with Gasteiger partial charge in [0.1, 0.15) is 24.2 Å².